The van der Waals surface area contributed by atoms with Crippen molar-refractivity contribution in [1.29, 1.82) is 0 Å². The van der Waals surface area contributed by atoms with Gasteiger partial charge in [0.1, 0.15) is 0 Å². The third-order valence-corrected chi connectivity index (χ3v) is 3.18. The molecule has 1 saturated carbocycles. The Hall–Kier alpha value is -0.820. The SMILES string of the molecule is O[C@H]1CC[C@@H](Cc2ccccc2)CC1. The first-order valence-corrected chi connectivity index (χ1v) is 5.56. The zero-order valence-electron chi connectivity index (χ0n) is 8.52. The number of rotatable bonds is 2. The molecular formula is C13H18O. The number of aliphatic hydroxyl groups excluding tert-OH is 1. The van der Waals surface area contributed by atoms with Crippen LogP contribution in [-0.4, -0.2) is 11.2 Å². The van der Waals surface area contributed by atoms with E-state index >= 15 is 0 Å². The first-order valence-electron chi connectivity index (χ1n) is 5.56. The first-order chi connectivity index (χ1) is 6.84. The minimum absolute atomic E-state index is 0.0259. The summed E-state index contributed by atoms with van der Waals surface area (Å²) in [5.74, 6) is 0.792. The average Bonchev–Trinajstić information content (AvgIpc) is 2.23. The molecule has 2 rings (SSSR count). The predicted octanol–water partition coefficient (Wildman–Crippen LogP) is 2.78. The number of hydrogen-bond donors (Lipinski definition) is 1. The van der Waals surface area contributed by atoms with Crippen molar-refractivity contribution in [2.24, 2.45) is 5.92 Å². The largest absolute Gasteiger partial charge is 0.393 e. The van der Waals surface area contributed by atoms with Gasteiger partial charge in [-0.1, -0.05) is 30.3 Å². The summed E-state index contributed by atoms with van der Waals surface area (Å²) in [6.07, 6.45) is 5.54. The topological polar surface area (TPSA) is 20.2 Å². The molecule has 1 aliphatic rings. The van der Waals surface area contributed by atoms with E-state index in [1.54, 1.807) is 0 Å². The summed E-state index contributed by atoms with van der Waals surface area (Å²) >= 11 is 0. The predicted molar refractivity (Wildman–Crippen MR) is 58.1 cm³/mol. The van der Waals surface area contributed by atoms with Crippen LogP contribution < -0.4 is 0 Å². The van der Waals surface area contributed by atoms with Crippen molar-refractivity contribution in [3.05, 3.63) is 35.9 Å². The maximum atomic E-state index is 9.39. The Labute approximate surface area is 85.8 Å². The van der Waals surface area contributed by atoms with E-state index in [0.29, 0.717) is 0 Å². The molecule has 0 radical (unpaired) electrons. The Morgan fingerprint density at radius 3 is 2.29 bits per heavy atom. The molecule has 0 heterocycles. The third-order valence-electron chi connectivity index (χ3n) is 3.18. The molecule has 1 heteroatoms. The fourth-order valence-corrected chi connectivity index (χ4v) is 2.30. The second kappa shape index (κ2) is 4.61. The molecule has 0 bridgehead atoms. The van der Waals surface area contributed by atoms with E-state index in [1.807, 2.05) is 0 Å². The van der Waals surface area contributed by atoms with Crippen molar-refractivity contribution < 1.29 is 5.11 Å². The number of hydrogen-bond acceptors (Lipinski definition) is 1. The number of benzene rings is 1. The van der Waals surface area contributed by atoms with E-state index < -0.39 is 0 Å². The summed E-state index contributed by atoms with van der Waals surface area (Å²) in [7, 11) is 0. The van der Waals surface area contributed by atoms with Crippen molar-refractivity contribution in [1.82, 2.24) is 0 Å². The van der Waals surface area contributed by atoms with Crippen LogP contribution in [0.4, 0.5) is 0 Å². The van der Waals surface area contributed by atoms with Gasteiger partial charge in [-0.3, -0.25) is 0 Å². The van der Waals surface area contributed by atoms with Gasteiger partial charge in [0.15, 0.2) is 0 Å². The van der Waals surface area contributed by atoms with Crippen LogP contribution in [0.5, 0.6) is 0 Å². The molecule has 1 N–H and O–H groups in total. The maximum absolute atomic E-state index is 9.39. The summed E-state index contributed by atoms with van der Waals surface area (Å²) < 4.78 is 0. The normalized spacial score (nSPS) is 27.5. The molecular weight excluding hydrogens is 172 g/mol. The standard InChI is InChI=1S/C13H18O/c14-13-8-6-12(7-9-13)10-11-4-2-1-3-5-11/h1-5,12-14H,6-10H2/t12-,13+. The van der Waals surface area contributed by atoms with E-state index in [1.165, 1.54) is 24.8 Å². The quantitative estimate of drug-likeness (QED) is 0.760. The van der Waals surface area contributed by atoms with Crippen LogP contribution in [0.25, 0.3) is 0 Å². The van der Waals surface area contributed by atoms with E-state index in [9.17, 15) is 5.11 Å². The van der Waals surface area contributed by atoms with E-state index in [-0.39, 0.29) is 6.10 Å². The highest BCUT2D eigenvalue weighted by Crippen LogP contribution is 2.26. The van der Waals surface area contributed by atoms with Crippen LogP contribution in [0.2, 0.25) is 0 Å². The molecule has 1 aromatic rings. The highest BCUT2D eigenvalue weighted by Gasteiger charge is 2.19. The summed E-state index contributed by atoms with van der Waals surface area (Å²) in [5, 5.41) is 9.39. The van der Waals surface area contributed by atoms with Gasteiger partial charge in [-0.05, 0) is 43.6 Å². The number of aliphatic hydroxyl groups is 1. The van der Waals surface area contributed by atoms with Gasteiger partial charge in [-0.2, -0.15) is 0 Å². The fraction of sp³-hybridized carbons (Fsp3) is 0.538. The van der Waals surface area contributed by atoms with Gasteiger partial charge in [0.05, 0.1) is 6.10 Å². The van der Waals surface area contributed by atoms with Crippen LogP contribution in [0.1, 0.15) is 31.2 Å². The van der Waals surface area contributed by atoms with Gasteiger partial charge in [0.2, 0.25) is 0 Å². The molecule has 1 fully saturated rings. The highest BCUT2D eigenvalue weighted by atomic mass is 16.3. The van der Waals surface area contributed by atoms with Crippen molar-refractivity contribution in [2.45, 2.75) is 38.2 Å². The van der Waals surface area contributed by atoms with Gasteiger partial charge in [0, 0.05) is 0 Å². The maximum Gasteiger partial charge on any atom is 0.0540 e. The van der Waals surface area contributed by atoms with Gasteiger partial charge >= 0.3 is 0 Å². The average molecular weight is 190 g/mol. The second-order valence-corrected chi connectivity index (χ2v) is 4.36. The zero-order chi connectivity index (χ0) is 9.80. The van der Waals surface area contributed by atoms with Crippen molar-refractivity contribution in [2.75, 3.05) is 0 Å². The molecule has 0 aliphatic heterocycles. The molecule has 1 aromatic carbocycles. The van der Waals surface area contributed by atoms with Gasteiger partial charge in [-0.15, -0.1) is 0 Å². The van der Waals surface area contributed by atoms with E-state index in [0.717, 1.165) is 18.8 Å². The molecule has 0 unspecified atom stereocenters. The Bertz CT molecular complexity index is 260. The van der Waals surface area contributed by atoms with Gasteiger partial charge < -0.3 is 5.11 Å². The first kappa shape index (κ1) is 9.72. The summed E-state index contributed by atoms with van der Waals surface area (Å²) in [6, 6.07) is 10.7. The minimum atomic E-state index is -0.0259. The lowest BCUT2D eigenvalue weighted by Gasteiger charge is -2.25. The van der Waals surface area contributed by atoms with Gasteiger partial charge in [-0.25, -0.2) is 0 Å². The molecule has 0 atom stereocenters. The smallest absolute Gasteiger partial charge is 0.0540 e. The fourth-order valence-electron chi connectivity index (χ4n) is 2.30. The summed E-state index contributed by atoms with van der Waals surface area (Å²) in [5.41, 5.74) is 1.44. The molecule has 0 spiro atoms. The lowest BCUT2D eigenvalue weighted by molar-refractivity contribution is 0.109. The van der Waals surface area contributed by atoms with E-state index in [2.05, 4.69) is 30.3 Å². The lowest BCUT2D eigenvalue weighted by atomic mass is 9.83. The van der Waals surface area contributed by atoms with Crippen molar-refractivity contribution in [3.63, 3.8) is 0 Å². The zero-order valence-corrected chi connectivity index (χ0v) is 8.52. The monoisotopic (exact) mass is 190 g/mol. The molecule has 1 aliphatic carbocycles. The molecule has 0 aromatic heterocycles. The highest BCUT2D eigenvalue weighted by molar-refractivity contribution is 5.15. The Morgan fingerprint density at radius 2 is 1.64 bits per heavy atom. The molecule has 0 saturated heterocycles. The summed E-state index contributed by atoms with van der Waals surface area (Å²) in [6.45, 7) is 0. The van der Waals surface area contributed by atoms with Crippen LogP contribution in [0.15, 0.2) is 30.3 Å². The van der Waals surface area contributed by atoms with Crippen molar-refractivity contribution in [3.8, 4) is 0 Å². The Balaban J connectivity index is 1.87. The molecule has 14 heavy (non-hydrogen) atoms. The van der Waals surface area contributed by atoms with Gasteiger partial charge in [0.25, 0.3) is 0 Å². The van der Waals surface area contributed by atoms with E-state index in [4.69, 9.17) is 0 Å². The Kier molecular flexibility index (Phi) is 3.20. The van der Waals surface area contributed by atoms with Crippen LogP contribution in [0, 0.1) is 5.92 Å². The Morgan fingerprint density at radius 1 is 1.00 bits per heavy atom. The van der Waals surface area contributed by atoms with Crippen LogP contribution in [0.3, 0.4) is 0 Å². The summed E-state index contributed by atoms with van der Waals surface area (Å²) in [4.78, 5) is 0. The second-order valence-electron chi connectivity index (χ2n) is 4.36. The molecule has 0 amide bonds. The molecule has 76 valence electrons. The lowest BCUT2D eigenvalue weighted by Crippen LogP contribution is -2.19. The van der Waals surface area contributed by atoms with Crippen LogP contribution >= 0.6 is 0 Å². The minimum Gasteiger partial charge on any atom is -0.393 e. The van der Waals surface area contributed by atoms with Crippen LogP contribution in [-0.2, 0) is 6.42 Å². The van der Waals surface area contributed by atoms with Crippen molar-refractivity contribution >= 4 is 0 Å². The molecule has 1 nitrogen and oxygen atoms in total. The third kappa shape index (κ3) is 2.58.